The highest BCUT2D eigenvalue weighted by atomic mass is 32.1. The van der Waals surface area contributed by atoms with Crippen LogP contribution in [0.4, 0.5) is 0 Å². The van der Waals surface area contributed by atoms with Crippen LogP contribution in [-0.4, -0.2) is 45.9 Å². The Morgan fingerprint density at radius 2 is 2.00 bits per heavy atom. The second kappa shape index (κ2) is 8.39. The van der Waals surface area contributed by atoms with Crippen molar-refractivity contribution in [2.75, 3.05) is 19.7 Å². The Bertz CT molecular complexity index is 1310. The maximum atomic E-state index is 13.1. The van der Waals surface area contributed by atoms with Gasteiger partial charge in [-0.3, -0.25) is 14.0 Å². The second-order valence-corrected chi connectivity index (χ2v) is 9.28. The molecule has 0 spiro atoms. The van der Waals surface area contributed by atoms with Crippen molar-refractivity contribution in [1.82, 2.24) is 14.3 Å². The minimum Gasteiger partial charge on any atom is -0.466 e. The van der Waals surface area contributed by atoms with Crippen LogP contribution >= 0.6 is 11.3 Å². The minimum absolute atomic E-state index is 0.0349. The summed E-state index contributed by atoms with van der Waals surface area (Å²) < 4.78 is 8.27. The topological polar surface area (TPSA) is 63.9 Å². The van der Waals surface area contributed by atoms with Gasteiger partial charge >= 0.3 is 5.97 Å². The van der Waals surface area contributed by atoms with Crippen molar-refractivity contribution in [3.8, 4) is 11.3 Å². The summed E-state index contributed by atoms with van der Waals surface area (Å²) in [6.07, 6.45) is 3.63. The molecular formula is C25H25N3O3S. The number of esters is 1. The van der Waals surface area contributed by atoms with E-state index < -0.39 is 0 Å². The maximum absolute atomic E-state index is 13.1. The lowest BCUT2D eigenvalue weighted by atomic mass is 9.97. The predicted octanol–water partition coefficient (Wildman–Crippen LogP) is 4.94. The Morgan fingerprint density at radius 1 is 1.19 bits per heavy atom. The number of ether oxygens (including phenoxy) is 1. The Balaban J connectivity index is 1.40. The Kier molecular flexibility index (Phi) is 5.43. The first-order chi connectivity index (χ1) is 15.5. The van der Waals surface area contributed by atoms with Crippen molar-refractivity contribution >= 4 is 38.4 Å². The van der Waals surface area contributed by atoms with Crippen LogP contribution < -0.4 is 0 Å². The van der Waals surface area contributed by atoms with Gasteiger partial charge in [0.2, 0.25) is 0 Å². The van der Waals surface area contributed by atoms with Crippen LogP contribution in [0.1, 0.15) is 35.7 Å². The number of imidazole rings is 1. The highest BCUT2D eigenvalue weighted by molar-refractivity contribution is 7.23. The molecule has 32 heavy (non-hydrogen) atoms. The fourth-order valence-corrected chi connectivity index (χ4v) is 5.34. The van der Waals surface area contributed by atoms with E-state index in [1.165, 1.54) is 5.56 Å². The molecule has 0 radical (unpaired) electrons. The third-order valence-corrected chi connectivity index (χ3v) is 7.03. The van der Waals surface area contributed by atoms with Crippen LogP contribution in [0.2, 0.25) is 0 Å². The van der Waals surface area contributed by atoms with Gasteiger partial charge in [-0.05, 0) is 44.9 Å². The van der Waals surface area contributed by atoms with Crippen molar-refractivity contribution in [1.29, 1.82) is 0 Å². The van der Waals surface area contributed by atoms with Crippen molar-refractivity contribution < 1.29 is 14.3 Å². The van der Waals surface area contributed by atoms with Crippen molar-refractivity contribution in [3.05, 3.63) is 59.8 Å². The van der Waals surface area contributed by atoms with E-state index in [0.29, 0.717) is 25.3 Å². The first-order valence-corrected chi connectivity index (χ1v) is 11.8. The van der Waals surface area contributed by atoms with E-state index in [4.69, 9.17) is 9.72 Å². The molecular weight excluding hydrogens is 422 g/mol. The molecule has 6 nitrogen and oxygen atoms in total. The molecule has 4 aromatic rings. The van der Waals surface area contributed by atoms with Gasteiger partial charge < -0.3 is 9.64 Å². The van der Waals surface area contributed by atoms with Gasteiger partial charge in [0.15, 0.2) is 4.96 Å². The number of piperidine rings is 1. The molecule has 5 rings (SSSR count). The molecule has 1 aliphatic rings. The van der Waals surface area contributed by atoms with E-state index in [1.807, 2.05) is 18.2 Å². The lowest BCUT2D eigenvalue weighted by Crippen LogP contribution is -2.42. The van der Waals surface area contributed by atoms with Gasteiger partial charge in [-0.25, -0.2) is 4.98 Å². The van der Waals surface area contributed by atoms with Crippen LogP contribution in [0.3, 0.4) is 0 Å². The fraction of sp³-hybridized carbons (Fsp3) is 0.320. The zero-order chi connectivity index (χ0) is 22.2. The average molecular weight is 448 g/mol. The minimum atomic E-state index is -0.235. The molecule has 1 fully saturated rings. The van der Waals surface area contributed by atoms with Gasteiger partial charge in [0.1, 0.15) is 0 Å². The third kappa shape index (κ3) is 3.77. The number of amides is 1. The third-order valence-electron chi connectivity index (χ3n) is 6.02. The molecule has 0 saturated carbocycles. The number of thiazole rings is 1. The molecule has 2 aromatic heterocycles. The number of benzene rings is 2. The largest absolute Gasteiger partial charge is 0.466 e. The molecule has 0 aliphatic carbocycles. The summed E-state index contributed by atoms with van der Waals surface area (Å²) in [7, 11) is 0. The van der Waals surface area contributed by atoms with E-state index in [9.17, 15) is 9.59 Å². The van der Waals surface area contributed by atoms with Gasteiger partial charge in [0, 0.05) is 30.4 Å². The van der Waals surface area contributed by atoms with Gasteiger partial charge in [-0.15, -0.1) is 0 Å². The van der Waals surface area contributed by atoms with Crippen LogP contribution in [0.15, 0.2) is 48.7 Å². The molecule has 3 heterocycles. The normalized spacial score (nSPS) is 16.6. The first kappa shape index (κ1) is 20.7. The van der Waals surface area contributed by atoms with E-state index in [0.717, 1.165) is 39.3 Å². The van der Waals surface area contributed by atoms with Gasteiger partial charge in [-0.2, -0.15) is 0 Å². The van der Waals surface area contributed by atoms with Crippen LogP contribution in [0.5, 0.6) is 0 Å². The van der Waals surface area contributed by atoms with Gasteiger partial charge in [-0.1, -0.05) is 41.2 Å². The smallest absolute Gasteiger partial charge is 0.310 e. The van der Waals surface area contributed by atoms with Crippen LogP contribution in [0, 0.1) is 12.8 Å². The summed E-state index contributed by atoms with van der Waals surface area (Å²) >= 11 is 1.58. The molecule has 2 aromatic carbocycles. The lowest BCUT2D eigenvalue weighted by molar-refractivity contribution is -0.149. The monoisotopic (exact) mass is 447 g/mol. The van der Waals surface area contributed by atoms with Crippen molar-refractivity contribution in [3.63, 3.8) is 0 Å². The van der Waals surface area contributed by atoms with Crippen LogP contribution in [0.25, 0.3) is 26.4 Å². The van der Waals surface area contributed by atoms with Gasteiger partial charge in [0.05, 0.1) is 28.4 Å². The molecule has 1 aliphatic heterocycles. The number of likely N-dealkylation sites (tertiary alicyclic amines) is 1. The lowest BCUT2D eigenvalue weighted by Gasteiger charge is -2.31. The summed E-state index contributed by atoms with van der Waals surface area (Å²) in [6.45, 7) is 5.33. The Morgan fingerprint density at radius 3 is 2.78 bits per heavy atom. The van der Waals surface area contributed by atoms with Gasteiger partial charge in [0.25, 0.3) is 5.91 Å². The quantitative estimate of drug-likeness (QED) is 0.416. The zero-order valence-corrected chi connectivity index (χ0v) is 19.0. The summed E-state index contributed by atoms with van der Waals surface area (Å²) in [6, 6.07) is 14.1. The Hall–Kier alpha value is -3.19. The molecule has 164 valence electrons. The molecule has 0 unspecified atom stereocenters. The molecule has 0 bridgehead atoms. The van der Waals surface area contributed by atoms with Crippen molar-refractivity contribution in [2.24, 2.45) is 5.92 Å². The number of aromatic nitrogens is 2. The van der Waals surface area contributed by atoms with E-state index >= 15 is 0 Å². The predicted molar refractivity (Wildman–Crippen MR) is 126 cm³/mol. The maximum Gasteiger partial charge on any atom is 0.310 e. The molecule has 0 N–H and O–H groups in total. The Labute approximate surface area is 190 Å². The fourth-order valence-electron chi connectivity index (χ4n) is 4.29. The van der Waals surface area contributed by atoms with E-state index in [2.05, 4.69) is 41.8 Å². The second-order valence-electron chi connectivity index (χ2n) is 8.27. The molecule has 7 heteroatoms. The number of carbonyl (C=O) groups excluding carboxylic acids is 2. The molecule has 1 atom stereocenters. The number of carbonyl (C=O) groups is 2. The van der Waals surface area contributed by atoms with Crippen LogP contribution in [-0.2, 0) is 9.53 Å². The first-order valence-electron chi connectivity index (χ1n) is 11.0. The SMILES string of the molecule is CCOC(=O)[C@H]1CCCN(C(=O)c2ccc3c(c2)sc2nc(-c4ccc(C)cc4)cn23)C1. The number of hydrogen-bond donors (Lipinski definition) is 0. The number of rotatable bonds is 4. The number of hydrogen-bond acceptors (Lipinski definition) is 5. The highest BCUT2D eigenvalue weighted by Crippen LogP contribution is 2.31. The van der Waals surface area contributed by atoms with Crippen molar-refractivity contribution in [2.45, 2.75) is 26.7 Å². The average Bonchev–Trinajstić information content (AvgIpc) is 3.37. The van der Waals surface area contributed by atoms with E-state index in [-0.39, 0.29) is 17.8 Å². The van der Waals surface area contributed by atoms with E-state index in [1.54, 1.807) is 23.2 Å². The number of fused-ring (bicyclic) bond motifs is 3. The summed E-state index contributed by atoms with van der Waals surface area (Å²) in [5, 5.41) is 0. The molecule has 1 saturated heterocycles. The summed E-state index contributed by atoms with van der Waals surface area (Å²) in [5.41, 5.74) is 4.93. The number of nitrogens with zero attached hydrogens (tertiary/aromatic N) is 3. The summed E-state index contributed by atoms with van der Waals surface area (Å²) in [5.74, 6) is -0.474. The standard InChI is InChI=1S/C25H25N3O3S/c1-3-31-24(30)19-5-4-12-27(14-19)23(29)18-10-11-21-22(13-18)32-25-26-20(15-28(21)25)17-8-6-16(2)7-9-17/h6-11,13,15,19H,3-5,12,14H2,1-2H3/t19-/m0/s1. The molecule has 1 amide bonds. The zero-order valence-electron chi connectivity index (χ0n) is 18.2. The highest BCUT2D eigenvalue weighted by Gasteiger charge is 2.30. The summed E-state index contributed by atoms with van der Waals surface area (Å²) in [4.78, 5) is 32.7. The number of aryl methyl sites for hydroxylation is 1.